The van der Waals surface area contributed by atoms with E-state index in [1.807, 2.05) is 18.2 Å². The summed E-state index contributed by atoms with van der Waals surface area (Å²) >= 11 is 5.99. The average Bonchev–Trinajstić information content (AvgIpc) is 2.76. The second kappa shape index (κ2) is 10.1. The van der Waals surface area contributed by atoms with Crippen molar-refractivity contribution in [2.24, 2.45) is 0 Å². The van der Waals surface area contributed by atoms with Crippen LogP contribution in [-0.2, 0) is 11.4 Å². The van der Waals surface area contributed by atoms with Crippen LogP contribution in [0.2, 0.25) is 5.02 Å². The van der Waals surface area contributed by atoms with Gasteiger partial charge in [0, 0.05) is 28.4 Å². The smallest absolute Gasteiger partial charge is 0.271 e. The van der Waals surface area contributed by atoms with Gasteiger partial charge in [-0.25, -0.2) is 0 Å². The summed E-state index contributed by atoms with van der Waals surface area (Å²) in [5.74, 6) is -0.203. The van der Waals surface area contributed by atoms with Crippen LogP contribution in [-0.4, -0.2) is 10.8 Å². The van der Waals surface area contributed by atoms with Gasteiger partial charge in [0.2, 0.25) is 0 Å². The van der Waals surface area contributed by atoms with E-state index in [0.29, 0.717) is 16.3 Å². The topological polar surface area (TPSA) is 105 Å². The first-order valence-corrected chi connectivity index (χ1v) is 9.48. The van der Waals surface area contributed by atoms with E-state index < -0.39 is 10.8 Å². The highest BCUT2D eigenvalue weighted by Crippen LogP contribution is 2.24. The molecule has 0 aliphatic heterocycles. The van der Waals surface area contributed by atoms with E-state index in [-0.39, 0.29) is 23.6 Å². The molecule has 1 N–H and O–H groups in total. The molecule has 3 rings (SSSR count). The number of non-ortho nitro benzene ring substituents is 1. The first-order valence-electron chi connectivity index (χ1n) is 9.10. The second-order valence-corrected chi connectivity index (χ2v) is 6.82. The van der Waals surface area contributed by atoms with Gasteiger partial charge in [0.05, 0.1) is 4.92 Å². The van der Waals surface area contributed by atoms with Crippen molar-refractivity contribution in [2.75, 3.05) is 5.32 Å². The molecule has 3 aromatic carbocycles. The number of nitrogens with one attached hydrogen (secondary N) is 1. The molecule has 0 unspecified atom stereocenters. The number of hydrogen-bond donors (Lipinski definition) is 1. The molecule has 8 heteroatoms. The summed E-state index contributed by atoms with van der Waals surface area (Å²) in [7, 11) is 0. The molecule has 0 heterocycles. The van der Waals surface area contributed by atoms with Crippen molar-refractivity contribution in [2.45, 2.75) is 6.61 Å². The minimum absolute atomic E-state index is 0.167. The molecule has 0 radical (unpaired) electrons. The molecule has 3 aromatic rings. The Bertz CT molecular complexity index is 1200. The second-order valence-electron chi connectivity index (χ2n) is 6.39. The van der Waals surface area contributed by atoms with Crippen molar-refractivity contribution in [1.82, 2.24) is 0 Å². The van der Waals surface area contributed by atoms with Crippen LogP contribution in [0.1, 0.15) is 11.1 Å². The van der Waals surface area contributed by atoms with Crippen LogP contribution >= 0.6 is 11.6 Å². The van der Waals surface area contributed by atoms with Gasteiger partial charge < -0.3 is 10.1 Å². The quantitative estimate of drug-likeness (QED) is 0.233. The van der Waals surface area contributed by atoms with Crippen molar-refractivity contribution in [3.8, 4) is 11.8 Å². The van der Waals surface area contributed by atoms with Crippen LogP contribution in [0.15, 0.2) is 78.4 Å². The predicted molar refractivity (Wildman–Crippen MR) is 118 cm³/mol. The maximum atomic E-state index is 12.5. The molecule has 0 spiro atoms. The number of carbonyl (C=O) groups excluding carboxylic acids is 1. The Morgan fingerprint density at radius 2 is 1.90 bits per heavy atom. The van der Waals surface area contributed by atoms with Crippen LogP contribution in [0.4, 0.5) is 11.4 Å². The van der Waals surface area contributed by atoms with Crippen molar-refractivity contribution < 1.29 is 14.5 Å². The molecule has 0 aromatic heterocycles. The normalized spacial score (nSPS) is 10.8. The van der Waals surface area contributed by atoms with Gasteiger partial charge in [0.25, 0.3) is 11.6 Å². The van der Waals surface area contributed by atoms with Gasteiger partial charge in [0.1, 0.15) is 24.0 Å². The highest BCUT2D eigenvalue weighted by atomic mass is 35.5. The monoisotopic (exact) mass is 433 g/mol. The van der Waals surface area contributed by atoms with Crippen LogP contribution in [0.3, 0.4) is 0 Å². The third kappa shape index (κ3) is 5.92. The molecule has 0 atom stereocenters. The van der Waals surface area contributed by atoms with E-state index in [9.17, 15) is 20.2 Å². The van der Waals surface area contributed by atoms with E-state index in [1.54, 1.807) is 36.4 Å². The highest BCUT2D eigenvalue weighted by molar-refractivity contribution is 6.30. The SMILES string of the molecule is N#C/C(=C\c1ccccc1OCc1cccc(Cl)c1)C(=O)Nc1cccc([N+](=O)[O-])c1. The van der Waals surface area contributed by atoms with Crippen LogP contribution in [0.5, 0.6) is 5.75 Å². The maximum Gasteiger partial charge on any atom is 0.271 e. The largest absolute Gasteiger partial charge is 0.488 e. The summed E-state index contributed by atoms with van der Waals surface area (Å²) in [6.45, 7) is 0.257. The number of nitriles is 1. The number of nitro groups is 1. The Labute approximate surface area is 183 Å². The number of benzene rings is 3. The van der Waals surface area contributed by atoms with E-state index in [4.69, 9.17) is 16.3 Å². The number of halogens is 1. The number of nitro benzene ring substituents is 1. The summed E-state index contributed by atoms with van der Waals surface area (Å²) in [4.78, 5) is 22.9. The van der Waals surface area contributed by atoms with E-state index >= 15 is 0 Å². The van der Waals surface area contributed by atoms with Gasteiger partial charge in [-0.05, 0) is 35.9 Å². The molecule has 31 heavy (non-hydrogen) atoms. The van der Waals surface area contributed by atoms with E-state index in [0.717, 1.165) is 5.56 Å². The van der Waals surface area contributed by atoms with Gasteiger partial charge >= 0.3 is 0 Å². The fourth-order valence-corrected chi connectivity index (χ4v) is 2.93. The van der Waals surface area contributed by atoms with E-state index in [1.165, 1.54) is 30.3 Å². The minimum Gasteiger partial charge on any atom is -0.488 e. The molecule has 154 valence electrons. The fraction of sp³-hybridized carbons (Fsp3) is 0.0435. The van der Waals surface area contributed by atoms with Gasteiger partial charge in [0.15, 0.2) is 0 Å². The zero-order valence-electron chi connectivity index (χ0n) is 16.1. The van der Waals surface area contributed by atoms with E-state index in [2.05, 4.69) is 5.32 Å². The third-order valence-corrected chi connectivity index (χ3v) is 4.42. The first kappa shape index (κ1) is 21.6. The Balaban J connectivity index is 1.79. The number of ether oxygens (including phenoxy) is 1. The number of anilines is 1. The zero-order valence-corrected chi connectivity index (χ0v) is 16.9. The predicted octanol–water partition coefficient (Wildman–Crippen LogP) is 5.37. The zero-order chi connectivity index (χ0) is 22.2. The fourth-order valence-electron chi connectivity index (χ4n) is 2.72. The Morgan fingerprint density at radius 3 is 2.65 bits per heavy atom. The summed E-state index contributed by atoms with van der Waals surface area (Å²) in [5.41, 5.74) is 1.28. The molecular formula is C23H16ClN3O4. The molecule has 0 saturated carbocycles. The summed E-state index contributed by atoms with van der Waals surface area (Å²) in [6, 6.07) is 21.5. The van der Waals surface area contributed by atoms with Crippen LogP contribution in [0, 0.1) is 21.4 Å². The lowest BCUT2D eigenvalue weighted by atomic mass is 10.1. The van der Waals surface area contributed by atoms with Crippen LogP contribution < -0.4 is 10.1 Å². The molecular weight excluding hydrogens is 418 g/mol. The van der Waals surface area contributed by atoms with Crippen molar-refractivity contribution in [3.05, 3.63) is 105 Å². The standard InChI is InChI=1S/C23H16ClN3O4/c24-19-7-3-5-16(11-19)15-31-22-10-2-1-6-17(22)12-18(14-25)23(28)26-20-8-4-9-21(13-20)27(29)30/h1-13H,15H2,(H,26,28)/b18-12+. The number of rotatable bonds is 7. The van der Waals surface area contributed by atoms with Gasteiger partial charge in [-0.15, -0.1) is 0 Å². The molecule has 0 fully saturated rings. The maximum absolute atomic E-state index is 12.5. The summed E-state index contributed by atoms with van der Waals surface area (Å²) < 4.78 is 5.84. The number of hydrogen-bond acceptors (Lipinski definition) is 5. The summed E-state index contributed by atoms with van der Waals surface area (Å²) in [6.07, 6.45) is 1.40. The van der Waals surface area contributed by atoms with Crippen molar-refractivity contribution in [3.63, 3.8) is 0 Å². The highest BCUT2D eigenvalue weighted by Gasteiger charge is 2.13. The Hall–Kier alpha value is -4.15. The Morgan fingerprint density at radius 1 is 1.13 bits per heavy atom. The lowest BCUT2D eigenvalue weighted by molar-refractivity contribution is -0.384. The first-order chi connectivity index (χ1) is 15.0. The number of para-hydroxylation sites is 1. The van der Waals surface area contributed by atoms with Gasteiger partial charge in [-0.3, -0.25) is 14.9 Å². The number of amides is 1. The molecule has 0 aliphatic rings. The number of carbonyl (C=O) groups is 1. The molecule has 0 saturated heterocycles. The lowest BCUT2D eigenvalue weighted by Crippen LogP contribution is -2.13. The molecule has 0 bridgehead atoms. The average molecular weight is 434 g/mol. The van der Waals surface area contributed by atoms with Gasteiger partial charge in [-0.2, -0.15) is 5.26 Å². The lowest BCUT2D eigenvalue weighted by Gasteiger charge is -2.10. The molecule has 1 amide bonds. The molecule has 7 nitrogen and oxygen atoms in total. The Kier molecular flexibility index (Phi) is 6.99. The van der Waals surface area contributed by atoms with Crippen molar-refractivity contribution >= 4 is 35.0 Å². The third-order valence-electron chi connectivity index (χ3n) is 4.18. The summed E-state index contributed by atoms with van der Waals surface area (Å²) in [5, 5.41) is 23.5. The van der Waals surface area contributed by atoms with Crippen molar-refractivity contribution in [1.29, 1.82) is 5.26 Å². The minimum atomic E-state index is -0.687. The van der Waals surface area contributed by atoms with Crippen LogP contribution in [0.25, 0.3) is 6.08 Å². The van der Waals surface area contributed by atoms with Gasteiger partial charge in [-0.1, -0.05) is 48.0 Å². The molecule has 0 aliphatic carbocycles. The number of nitrogens with zero attached hydrogens (tertiary/aromatic N) is 2.